The van der Waals surface area contributed by atoms with E-state index in [1.165, 1.54) is 44.9 Å². The Labute approximate surface area is 248 Å². The Hall–Kier alpha value is -3.27. The Morgan fingerprint density at radius 3 is 2.00 bits per heavy atom. The van der Waals surface area contributed by atoms with E-state index in [2.05, 4.69) is 26.8 Å². The maximum absolute atomic E-state index is 13.6. The first-order chi connectivity index (χ1) is 20.2. The van der Waals surface area contributed by atoms with Crippen LogP contribution in [0.4, 0.5) is 0 Å². The van der Waals surface area contributed by atoms with Gasteiger partial charge in [0.2, 0.25) is 0 Å². The summed E-state index contributed by atoms with van der Waals surface area (Å²) in [5.74, 6) is 1.39. The number of aryl methyl sites for hydroxylation is 1. The Morgan fingerprint density at radius 2 is 1.27 bits per heavy atom. The number of hydrogen-bond donors (Lipinski definition) is 0. The molecule has 4 heteroatoms. The topological polar surface area (TPSA) is 44.8 Å². The lowest BCUT2D eigenvalue weighted by atomic mass is 10.0. The molecule has 0 aromatic heterocycles. The van der Waals surface area contributed by atoms with Crippen LogP contribution in [-0.4, -0.2) is 19.2 Å². The minimum absolute atomic E-state index is 0.417. The van der Waals surface area contributed by atoms with E-state index in [-0.39, 0.29) is 0 Å². The maximum Gasteiger partial charge on any atom is 0.347 e. The average Bonchev–Trinajstić information content (AvgIpc) is 2.99. The number of rotatable bonds is 20. The smallest absolute Gasteiger partial charge is 0.347 e. The van der Waals surface area contributed by atoms with E-state index < -0.39 is 5.97 Å². The Balaban J connectivity index is 1.70. The van der Waals surface area contributed by atoms with Gasteiger partial charge in [-0.25, -0.2) is 4.79 Å². The van der Waals surface area contributed by atoms with Gasteiger partial charge < -0.3 is 14.2 Å². The molecule has 3 rings (SSSR count). The second kappa shape index (κ2) is 19.0. The summed E-state index contributed by atoms with van der Waals surface area (Å²) in [5.41, 5.74) is 3.48. The molecule has 0 aliphatic rings. The Kier molecular flexibility index (Phi) is 14.9. The lowest BCUT2D eigenvalue weighted by Gasteiger charge is -2.16. The molecule has 4 nitrogen and oxygen atoms in total. The van der Waals surface area contributed by atoms with Crippen LogP contribution in [0, 0.1) is 0 Å². The van der Waals surface area contributed by atoms with Gasteiger partial charge in [-0.1, -0.05) is 127 Å². The second-order valence-corrected chi connectivity index (χ2v) is 10.9. The second-order valence-electron chi connectivity index (χ2n) is 10.9. The van der Waals surface area contributed by atoms with Crippen LogP contribution in [0.5, 0.6) is 17.2 Å². The van der Waals surface area contributed by atoms with E-state index in [4.69, 9.17) is 14.2 Å². The van der Waals surface area contributed by atoms with Gasteiger partial charge in [-0.15, -0.1) is 0 Å². The van der Waals surface area contributed by atoms with Gasteiger partial charge >= 0.3 is 5.97 Å². The predicted molar refractivity (Wildman–Crippen MR) is 170 cm³/mol. The van der Waals surface area contributed by atoms with Gasteiger partial charge in [0.05, 0.1) is 13.2 Å². The van der Waals surface area contributed by atoms with Gasteiger partial charge in [0, 0.05) is 11.6 Å². The van der Waals surface area contributed by atoms with Crippen LogP contribution >= 0.6 is 0 Å². The monoisotopic (exact) mass is 558 g/mol. The molecule has 0 aliphatic heterocycles. The van der Waals surface area contributed by atoms with Crippen molar-refractivity contribution >= 4 is 5.97 Å². The average molecular weight is 559 g/mol. The van der Waals surface area contributed by atoms with E-state index in [1.807, 2.05) is 54.6 Å². The third-order valence-electron chi connectivity index (χ3n) is 7.32. The molecule has 0 aliphatic carbocycles. The van der Waals surface area contributed by atoms with Crippen molar-refractivity contribution in [1.82, 2.24) is 0 Å². The van der Waals surface area contributed by atoms with Crippen molar-refractivity contribution in [1.29, 1.82) is 0 Å². The van der Waals surface area contributed by atoms with Crippen LogP contribution in [0.15, 0.2) is 66.7 Å². The van der Waals surface area contributed by atoms with Crippen LogP contribution in [0.25, 0.3) is 11.1 Å². The molecule has 0 saturated heterocycles. The summed E-state index contributed by atoms with van der Waals surface area (Å²) in [6, 6.07) is 21.7. The van der Waals surface area contributed by atoms with Crippen molar-refractivity contribution in [2.75, 3.05) is 13.2 Å². The first kappa shape index (κ1) is 32.2. The van der Waals surface area contributed by atoms with Crippen molar-refractivity contribution in [3.63, 3.8) is 0 Å². The van der Waals surface area contributed by atoms with Crippen molar-refractivity contribution in [2.45, 2.75) is 104 Å². The molecule has 0 spiro atoms. The highest BCUT2D eigenvalue weighted by molar-refractivity contribution is 5.95. The van der Waals surface area contributed by atoms with Crippen molar-refractivity contribution in [3.05, 3.63) is 77.9 Å². The standard InChI is InChI=1S/C37H50O4/c1-4-7-9-10-11-12-13-18-26-39-32-23-25-34(35(29-32)40-27-17-8-5-2)37(38)41-36-28-30(19-6-3)22-24-33(36)31-20-15-14-16-21-31/h14-16,20-25,28-29H,4-13,17-19,26-27H2,1-3H3. The molecule has 0 amide bonds. The summed E-state index contributed by atoms with van der Waals surface area (Å²) in [6.07, 6.45) is 15.2. The van der Waals surface area contributed by atoms with Gasteiger partial charge in [0.15, 0.2) is 0 Å². The molecule has 0 fully saturated rings. The van der Waals surface area contributed by atoms with Crippen LogP contribution in [0.3, 0.4) is 0 Å². The first-order valence-electron chi connectivity index (χ1n) is 16.0. The van der Waals surface area contributed by atoms with E-state index in [0.29, 0.717) is 30.3 Å². The van der Waals surface area contributed by atoms with Crippen molar-refractivity contribution in [3.8, 4) is 28.4 Å². The number of carbonyl (C=O) groups excluding carboxylic acids is 1. The van der Waals surface area contributed by atoms with Gasteiger partial charge in [-0.3, -0.25) is 0 Å². The van der Waals surface area contributed by atoms with E-state index in [0.717, 1.165) is 61.0 Å². The van der Waals surface area contributed by atoms with Crippen molar-refractivity contribution in [2.24, 2.45) is 0 Å². The van der Waals surface area contributed by atoms with Crippen molar-refractivity contribution < 1.29 is 19.0 Å². The highest BCUT2D eigenvalue weighted by Gasteiger charge is 2.19. The summed E-state index contributed by atoms with van der Waals surface area (Å²) < 4.78 is 18.3. The molecule has 41 heavy (non-hydrogen) atoms. The Morgan fingerprint density at radius 1 is 0.610 bits per heavy atom. The highest BCUT2D eigenvalue weighted by atomic mass is 16.5. The zero-order valence-corrected chi connectivity index (χ0v) is 25.6. The zero-order valence-electron chi connectivity index (χ0n) is 25.6. The van der Waals surface area contributed by atoms with Crippen LogP contribution < -0.4 is 14.2 Å². The minimum atomic E-state index is -0.420. The molecule has 0 heterocycles. The number of esters is 1. The summed E-state index contributed by atoms with van der Waals surface area (Å²) in [7, 11) is 0. The van der Waals surface area contributed by atoms with Gasteiger partial charge in [0.25, 0.3) is 0 Å². The fourth-order valence-corrected chi connectivity index (χ4v) is 4.95. The highest BCUT2D eigenvalue weighted by Crippen LogP contribution is 2.33. The largest absolute Gasteiger partial charge is 0.493 e. The number of carbonyl (C=O) groups is 1. The summed E-state index contributed by atoms with van der Waals surface area (Å²) >= 11 is 0. The van der Waals surface area contributed by atoms with Gasteiger partial charge in [-0.05, 0) is 48.6 Å². The SMILES string of the molecule is CCCCCCCCCCOc1ccc(C(=O)Oc2cc(CCC)ccc2-c2ccccc2)c(OCCCCC)c1. The minimum Gasteiger partial charge on any atom is -0.493 e. The number of hydrogen-bond acceptors (Lipinski definition) is 4. The normalized spacial score (nSPS) is 10.9. The fraction of sp³-hybridized carbons (Fsp3) is 0.486. The maximum atomic E-state index is 13.6. The van der Waals surface area contributed by atoms with E-state index >= 15 is 0 Å². The Bertz CT molecular complexity index is 1150. The quantitative estimate of drug-likeness (QED) is 0.0786. The molecular formula is C37H50O4. The van der Waals surface area contributed by atoms with Crippen LogP contribution in [0.1, 0.15) is 114 Å². The molecule has 0 atom stereocenters. The van der Waals surface area contributed by atoms with Gasteiger partial charge in [-0.2, -0.15) is 0 Å². The number of unbranched alkanes of at least 4 members (excludes halogenated alkanes) is 9. The molecule has 0 unspecified atom stereocenters. The molecule has 0 saturated carbocycles. The molecule has 0 N–H and O–H groups in total. The number of benzene rings is 3. The van der Waals surface area contributed by atoms with E-state index in [1.54, 1.807) is 6.07 Å². The molecule has 0 bridgehead atoms. The third kappa shape index (κ3) is 11.3. The fourth-order valence-electron chi connectivity index (χ4n) is 4.95. The predicted octanol–water partition coefficient (Wildman–Crippen LogP) is 10.6. The lowest BCUT2D eigenvalue weighted by Crippen LogP contribution is -2.12. The summed E-state index contributed by atoms with van der Waals surface area (Å²) in [6.45, 7) is 7.79. The third-order valence-corrected chi connectivity index (χ3v) is 7.32. The number of ether oxygens (including phenoxy) is 3. The van der Waals surface area contributed by atoms with Crippen LogP contribution in [0.2, 0.25) is 0 Å². The zero-order chi connectivity index (χ0) is 29.1. The van der Waals surface area contributed by atoms with Gasteiger partial charge in [0.1, 0.15) is 22.8 Å². The first-order valence-corrected chi connectivity index (χ1v) is 16.0. The molecule has 222 valence electrons. The molecule has 0 radical (unpaired) electrons. The summed E-state index contributed by atoms with van der Waals surface area (Å²) in [4.78, 5) is 13.6. The lowest BCUT2D eigenvalue weighted by molar-refractivity contribution is 0.0730. The molecule has 3 aromatic carbocycles. The van der Waals surface area contributed by atoms with Crippen LogP contribution in [-0.2, 0) is 6.42 Å². The molecular weight excluding hydrogens is 508 g/mol. The summed E-state index contributed by atoms with van der Waals surface area (Å²) in [5, 5.41) is 0. The molecule has 3 aromatic rings. The van der Waals surface area contributed by atoms with E-state index in [9.17, 15) is 4.79 Å².